The fraction of sp³-hybridized carbons (Fsp3) is 0.812. The Hall–Kier alpha value is -1.41. The van der Waals surface area contributed by atoms with E-state index in [0.29, 0.717) is 5.92 Å². The highest BCUT2D eigenvalue weighted by molar-refractivity contribution is 6.00. The molecule has 2 aliphatic rings. The van der Waals surface area contributed by atoms with Crippen molar-refractivity contribution in [3.8, 4) is 6.07 Å². The van der Waals surface area contributed by atoms with Gasteiger partial charge in [0.1, 0.15) is 0 Å². The molecule has 0 aromatic carbocycles. The molecule has 5 heteroatoms. The predicted octanol–water partition coefficient (Wildman–Crippen LogP) is 1.69. The second-order valence-electron chi connectivity index (χ2n) is 7.44. The normalized spacial score (nSPS) is 35.2. The quantitative estimate of drug-likeness (QED) is 0.746. The lowest BCUT2D eigenvalue weighted by molar-refractivity contribution is -0.142. The molecule has 1 aliphatic carbocycles. The van der Waals surface area contributed by atoms with Gasteiger partial charge in [-0.25, -0.2) is 0 Å². The van der Waals surface area contributed by atoms with Gasteiger partial charge in [-0.3, -0.25) is 19.8 Å². The molecular weight excluding hydrogens is 266 g/mol. The molecule has 4 unspecified atom stereocenters. The van der Waals surface area contributed by atoms with E-state index in [4.69, 9.17) is 0 Å². The molecule has 1 saturated heterocycles. The van der Waals surface area contributed by atoms with Crippen molar-refractivity contribution in [1.82, 2.24) is 10.2 Å². The lowest BCUT2D eigenvalue weighted by atomic mass is 9.67. The van der Waals surface area contributed by atoms with Crippen molar-refractivity contribution < 1.29 is 9.59 Å². The molecule has 0 aromatic rings. The van der Waals surface area contributed by atoms with Crippen molar-refractivity contribution >= 4 is 11.8 Å². The molecule has 1 saturated carbocycles. The molecule has 0 aromatic heterocycles. The molecule has 116 valence electrons. The molecule has 0 radical (unpaired) electrons. The summed E-state index contributed by atoms with van der Waals surface area (Å²) in [5, 5.41) is 11.8. The van der Waals surface area contributed by atoms with Gasteiger partial charge in [-0.1, -0.05) is 20.8 Å². The third-order valence-electron chi connectivity index (χ3n) is 5.10. The van der Waals surface area contributed by atoms with Crippen LogP contribution in [-0.4, -0.2) is 35.3 Å². The number of amides is 2. The molecule has 1 aliphatic heterocycles. The zero-order valence-corrected chi connectivity index (χ0v) is 13.3. The Morgan fingerprint density at radius 1 is 1.29 bits per heavy atom. The maximum Gasteiger partial charge on any atom is 0.243 e. The van der Waals surface area contributed by atoms with E-state index >= 15 is 0 Å². The van der Waals surface area contributed by atoms with Crippen LogP contribution in [0.3, 0.4) is 0 Å². The molecule has 2 fully saturated rings. The first-order chi connectivity index (χ1) is 9.74. The Labute approximate surface area is 126 Å². The lowest BCUT2D eigenvalue weighted by Gasteiger charge is -2.46. The van der Waals surface area contributed by atoms with E-state index in [1.165, 1.54) is 0 Å². The summed E-state index contributed by atoms with van der Waals surface area (Å²) >= 11 is 0. The van der Waals surface area contributed by atoms with Gasteiger partial charge in [-0.15, -0.1) is 0 Å². The number of piperazine rings is 1. The molecule has 2 rings (SSSR count). The van der Waals surface area contributed by atoms with Crippen molar-refractivity contribution in [3.05, 3.63) is 0 Å². The number of hydrogen-bond acceptors (Lipinski definition) is 4. The van der Waals surface area contributed by atoms with Gasteiger partial charge in [0.25, 0.3) is 0 Å². The van der Waals surface area contributed by atoms with Crippen molar-refractivity contribution in [3.63, 3.8) is 0 Å². The summed E-state index contributed by atoms with van der Waals surface area (Å²) in [6, 6.07) is 2.04. The average molecular weight is 291 g/mol. The van der Waals surface area contributed by atoms with Gasteiger partial charge in [-0.2, -0.15) is 5.26 Å². The summed E-state index contributed by atoms with van der Waals surface area (Å²) in [6.45, 7) is 8.69. The third kappa shape index (κ3) is 3.26. The average Bonchev–Trinajstić information content (AvgIpc) is 2.41. The van der Waals surface area contributed by atoms with Gasteiger partial charge in [0.05, 0.1) is 24.6 Å². The summed E-state index contributed by atoms with van der Waals surface area (Å²) in [7, 11) is 0. The van der Waals surface area contributed by atoms with Crippen LogP contribution in [0.25, 0.3) is 0 Å². The number of nitrogens with one attached hydrogen (secondary N) is 1. The van der Waals surface area contributed by atoms with E-state index < -0.39 is 0 Å². The Bertz CT molecular complexity index is 475. The standard InChI is InChI=1S/C16H25N3O2/c1-10-15(21)18-14(20)9-19(10)13-7-12(16(2,3)4)6-5-11(13)8-17/h10-13H,5-7,9H2,1-4H3,(H,18,20,21). The van der Waals surface area contributed by atoms with E-state index in [1.54, 1.807) is 0 Å². The summed E-state index contributed by atoms with van der Waals surface area (Å²) in [5.74, 6) is -0.0855. The SMILES string of the molecule is CC1C(=O)NC(=O)CN1C1CC(C(C)(C)C)CCC1C#N. The molecular formula is C16H25N3O2. The zero-order valence-electron chi connectivity index (χ0n) is 13.3. The number of nitriles is 1. The molecule has 0 spiro atoms. The van der Waals surface area contributed by atoms with E-state index in [0.717, 1.165) is 19.3 Å². The molecule has 2 amide bonds. The minimum absolute atomic E-state index is 0.00188. The van der Waals surface area contributed by atoms with E-state index in [9.17, 15) is 14.9 Å². The Morgan fingerprint density at radius 2 is 1.95 bits per heavy atom. The monoisotopic (exact) mass is 291 g/mol. The summed E-state index contributed by atoms with van der Waals surface area (Å²) in [5.41, 5.74) is 0.184. The van der Waals surface area contributed by atoms with Crippen LogP contribution in [0.5, 0.6) is 0 Å². The van der Waals surface area contributed by atoms with Crippen LogP contribution >= 0.6 is 0 Å². The summed E-state index contributed by atoms with van der Waals surface area (Å²) in [4.78, 5) is 25.5. The van der Waals surface area contributed by atoms with Crippen molar-refractivity contribution in [2.45, 2.75) is 59.0 Å². The fourth-order valence-electron chi connectivity index (χ4n) is 3.59. The van der Waals surface area contributed by atoms with E-state index in [1.807, 2.05) is 11.8 Å². The highest BCUT2D eigenvalue weighted by atomic mass is 16.2. The topological polar surface area (TPSA) is 73.2 Å². The molecule has 1 N–H and O–H groups in total. The van der Waals surface area contributed by atoms with Gasteiger partial charge in [-0.05, 0) is 37.5 Å². The molecule has 1 heterocycles. The van der Waals surface area contributed by atoms with Crippen LogP contribution < -0.4 is 5.32 Å². The smallest absolute Gasteiger partial charge is 0.243 e. The van der Waals surface area contributed by atoms with Crippen LogP contribution in [0.15, 0.2) is 0 Å². The Balaban J connectivity index is 2.22. The van der Waals surface area contributed by atoms with Crippen LogP contribution in [0.2, 0.25) is 0 Å². The first-order valence-electron chi connectivity index (χ1n) is 7.73. The van der Waals surface area contributed by atoms with Crippen LogP contribution in [-0.2, 0) is 9.59 Å². The van der Waals surface area contributed by atoms with Gasteiger partial charge >= 0.3 is 0 Å². The third-order valence-corrected chi connectivity index (χ3v) is 5.10. The minimum Gasteiger partial charge on any atom is -0.294 e. The Morgan fingerprint density at radius 3 is 2.52 bits per heavy atom. The second kappa shape index (κ2) is 5.76. The number of hydrogen-bond donors (Lipinski definition) is 1. The summed E-state index contributed by atoms with van der Waals surface area (Å²) < 4.78 is 0. The zero-order chi connectivity index (χ0) is 15.8. The van der Waals surface area contributed by atoms with Crippen LogP contribution in [0.4, 0.5) is 0 Å². The van der Waals surface area contributed by atoms with Crippen LogP contribution in [0, 0.1) is 28.6 Å². The Kier molecular flexibility index (Phi) is 4.38. The first-order valence-corrected chi connectivity index (χ1v) is 7.73. The fourth-order valence-corrected chi connectivity index (χ4v) is 3.59. The number of carbonyl (C=O) groups excluding carboxylic acids is 2. The van der Waals surface area contributed by atoms with Gasteiger partial charge in [0.15, 0.2) is 0 Å². The van der Waals surface area contributed by atoms with Gasteiger partial charge < -0.3 is 0 Å². The van der Waals surface area contributed by atoms with E-state index in [-0.39, 0.29) is 41.8 Å². The summed E-state index contributed by atoms with van der Waals surface area (Å²) in [6.07, 6.45) is 2.77. The van der Waals surface area contributed by atoms with Crippen molar-refractivity contribution in [2.24, 2.45) is 17.3 Å². The number of carbonyl (C=O) groups is 2. The highest BCUT2D eigenvalue weighted by Gasteiger charge is 2.43. The van der Waals surface area contributed by atoms with Crippen LogP contribution in [0.1, 0.15) is 47.0 Å². The first kappa shape index (κ1) is 16.0. The number of imide groups is 1. The lowest BCUT2D eigenvalue weighted by Crippen LogP contribution is -2.62. The molecule has 21 heavy (non-hydrogen) atoms. The number of nitrogens with zero attached hydrogens (tertiary/aromatic N) is 2. The van der Waals surface area contributed by atoms with Gasteiger partial charge in [0.2, 0.25) is 11.8 Å². The predicted molar refractivity (Wildman–Crippen MR) is 79.0 cm³/mol. The van der Waals surface area contributed by atoms with Crippen molar-refractivity contribution in [1.29, 1.82) is 5.26 Å². The molecule has 0 bridgehead atoms. The second-order valence-corrected chi connectivity index (χ2v) is 7.44. The minimum atomic E-state index is -0.345. The maximum atomic E-state index is 11.9. The molecule has 4 atom stereocenters. The maximum absolute atomic E-state index is 11.9. The van der Waals surface area contributed by atoms with Crippen molar-refractivity contribution in [2.75, 3.05) is 6.54 Å². The molecule has 5 nitrogen and oxygen atoms in total. The number of rotatable bonds is 1. The highest BCUT2D eigenvalue weighted by Crippen LogP contribution is 2.42. The largest absolute Gasteiger partial charge is 0.294 e. The van der Waals surface area contributed by atoms with E-state index in [2.05, 4.69) is 32.2 Å². The van der Waals surface area contributed by atoms with Gasteiger partial charge in [0, 0.05) is 6.04 Å².